The second-order valence-electron chi connectivity index (χ2n) is 5.89. The summed E-state index contributed by atoms with van der Waals surface area (Å²) in [5, 5.41) is 3.09. The maximum absolute atomic E-state index is 10.9. The molecule has 0 saturated heterocycles. The number of rotatable bonds is 6. The highest BCUT2D eigenvalue weighted by molar-refractivity contribution is 5.85. The minimum atomic E-state index is 0.337. The van der Waals surface area contributed by atoms with E-state index in [2.05, 4.69) is 11.9 Å². The van der Waals surface area contributed by atoms with Crippen LogP contribution in [0, 0.1) is 0 Å². The second-order valence-corrected chi connectivity index (χ2v) is 5.89. The third-order valence-electron chi connectivity index (χ3n) is 4.05. The molecule has 0 aliphatic rings. The molecule has 0 aliphatic heterocycles. The van der Waals surface area contributed by atoms with Crippen LogP contribution in [0.15, 0.2) is 79.1 Å². The summed E-state index contributed by atoms with van der Waals surface area (Å²) in [6.45, 7) is 3.72. The Morgan fingerprint density at radius 1 is 0.769 bits per heavy atom. The van der Waals surface area contributed by atoms with Gasteiger partial charge in [-0.25, -0.2) is 0 Å². The molecule has 3 aromatic rings. The zero-order valence-electron chi connectivity index (χ0n) is 14.1. The number of hydrogen-bond acceptors (Lipinski definition) is 4. The average molecular weight is 342 g/mol. The number of aldehydes is 2. The molecule has 0 bridgehead atoms. The first-order chi connectivity index (χ1) is 12.6. The van der Waals surface area contributed by atoms with Crippen molar-refractivity contribution < 1.29 is 9.59 Å². The molecule has 26 heavy (non-hydrogen) atoms. The molecule has 4 nitrogen and oxygen atoms in total. The van der Waals surface area contributed by atoms with Gasteiger partial charge in [0.1, 0.15) is 12.6 Å². The molecule has 0 aliphatic carbocycles. The lowest BCUT2D eigenvalue weighted by Gasteiger charge is -2.14. The van der Waals surface area contributed by atoms with E-state index in [1.54, 1.807) is 24.3 Å². The summed E-state index contributed by atoms with van der Waals surface area (Å²) in [5.41, 5.74) is 11.7. The van der Waals surface area contributed by atoms with Crippen LogP contribution < -0.4 is 11.1 Å². The van der Waals surface area contributed by atoms with Crippen LogP contribution in [0.4, 0.5) is 5.69 Å². The van der Waals surface area contributed by atoms with E-state index in [1.807, 2.05) is 42.5 Å². The number of carbonyl (C=O) groups is 2. The number of benzene rings is 3. The molecule has 128 valence electrons. The average Bonchev–Trinajstić information content (AvgIpc) is 2.68. The fraction of sp³-hybridized carbons (Fsp3) is 0. The molecule has 0 unspecified atom stereocenters. The molecular weight excluding hydrogens is 324 g/mol. The van der Waals surface area contributed by atoms with Crippen molar-refractivity contribution >= 4 is 18.3 Å². The number of hydrogen-bond donors (Lipinski definition) is 2. The van der Waals surface area contributed by atoms with Crippen molar-refractivity contribution in [1.82, 2.24) is 0 Å². The quantitative estimate of drug-likeness (QED) is 0.648. The van der Waals surface area contributed by atoms with Crippen LogP contribution in [-0.4, -0.2) is 12.6 Å². The van der Waals surface area contributed by atoms with E-state index in [-0.39, 0.29) is 0 Å². The van der Waals surface area contributed by atoms with Crippen molar-refractivity contribution in [1.29, 1.82) is 0 Å². The summed E-state index contributed by atoms with van der Waals surface area (Å²) in [6, 6.07) is 20.7. The molecule has 0 atom stereocenters. The van der Waals surface area contributed by atoms with Crippen LogP contribution in [0.2, 0.25) is 0 Å². The molecule has 0 fully saturated rings. The van der Waals surface area contributed by atoms with Crippen molar-refractivity contribution in [2.24, 2.45) is 5.73 Å². The van der Waals surface area contributed by atoms with Crippen molar-refractivity contribution in [3.05, 3.63) is 90.3 Å². The summed E-state index contributed by atoms with van der Waals surface area (Å²) in [5.74, 6) is 0.337. The number of carbonyl (C=O) groups excluding carboxylic acids is 2. The Hall–Kier alpha value is -3.66. The molecule has 0 spiro atoms. The van der Waals surface area contributed by atoms with Crippen LogP contribution in [0.25, 0.3) is 22.3 Å². The smallest absolute Gasteiger partial charge is 0.150 e. The highest BCUT2D eigenvalue weighted by Crippen LogP contribution is 2.33. The lowest BCUT2D eigenvalue weighted by Crippen LogP contribution is -2.08. The number of anilines is 1. The largest absolute Gasteiger partial charge is 0.386 e. The maximum Gasteiger partial charge on any atom is 0.150 e. The lowest BCUT2D eigenvalue weighted by molar-refractivity contribution is 0.111. The van der Waals surface area contributed by atoms with Gasteiger partial charge in [0.25, 0.3) is 0 Å². The molecule has 0 heterocycles. The lowest BCUT2D eigenvalue weighted by atomic mass is 9.97. The second kappa shape index (κ2) is 7.49. The Balaban J connectivity index is 2.05. The molecule has 0 saturated carbocycles. The first-order valence-corrected chi connectivity index (χ1v) is 8.07. The summed E-state index contributed by atoms with van der Waals surface area (Å²) in [7, 11) is 0. The van der Waals surface area contributed by atoms with Gasteiger partial charge in [-0.1, -0.05) is 67.2 Å². The van der Waals surface area contributed by atoms with Crippen LogP contribution >= 0.6 is 0 Å². The third kappa shape index (κ3) is 3.70. The highest BCUT2D eigenvalue weighted by Gasteiger charge is 2.08. The van der Waals surface area contributed by atoms with Crippen LogP contribution in [0.5, 0.6) is 0 Å². The third-order valence-corrected chi connectivity index (χ3v) is 4.05. The fourth-order valence-electron chi connectivity index (χ4n) is 2.75. The van der Waals surface area contributed by atoms with Crippen molar-refractivity contribution in [3.8, 4) is 22.3 Å². The maximum atomic E-state index is 10.9. The van der Waals surface area contributed by atoms with Gasteiger partial charge < -0.3 is 11.1 Å². The van der Waals surface area contributed by atoms with Crippen LogP contribution in [0.3, 0.4) is 0 Å². The number of nitrogens with one attached hydrogen (secondary N) is 1. The van der Waals surface area contributed by atoms with E-state index >= 15 is 0 Å². The summed E-state index contributed by atoms with van der Waals surface area (Å²) >= 11 is 0. The van der Waals surface area contributed by atoms with Gasteiger partial charge >= 0.3 is 0 Å². The Morgan fingerprint density at radius 3 is 1.77 bits per heavy atom. The molecule has 0 radical (unpaired) electrons. The van der Waals surface area contributed by atoms with Gasteiger partial charge in [-0.15, -0.1) is 0 Å². The minimum Gasteiger partial charge on any atom is -0.386 e. The SMILES string of the molecule is C=C(N)Nc1cc(-c2ccc(C=O)cc2)ccc1-c1ccc(C=O)cc1. The first-order valence-electron chi connectivity index (χ1n) is 8.07. The monoisotopic (exact) mass is 342 g/mol. The standard InChI is InChI=1S/C22H18N2O2/c1-15(23)24-22-12-20(18-6-2-16(13-25)3-7-18)10-11-21(22)19-8-4-17(14-26)5-9-19/h2-14,24H,1,23H2. The van der Waals surface area contributed by atoms with Gasteiger partial charge in [0.05, 0.1) is 5.82 Å². The predicted molar refractivity (Wildman–Crippen MR) is 105 cm³/mol. The summed E-state index contributed by atoms with van der Waals surface area (Å²) in [4.78, 5) is 21.7. The molecular formula is C22H18N2O2. The van der Waals surface area contributed by atoms with Gasteiger partial charge in [0, 0.05) is 22.4 Å². The molecule has 4 heteroatoms. The van der Waals surface area contributed by atoms with E-state index in [0.717, 1.165) is 40.5 Å². The van der Waals surface area contributed by atoms with E-state index < -0.39 is 0 Å². The molecule has 3 aromatic carbocycles. The first kappa shape index (κ1) is 17.2. The van der Waals surface area contributed by atoms with E-state index in [9.17, 15) is 9.59 Å². The minimum absolute atomic E-state index is 0.337. The molecule has 3 rings (SSSR count). The van der Waals surface area contributed by atoms with E-state index in [1.165, 1.54) is 0 Å². The zero-order chi connectivity index (χ0) is 18.5. The van der Waals surface area contributed by atoms with Crippen LogP contribution in [0.1, 0.15) is 20.7 Å². The van der Waals surface area contributed by atoms with E-state index in [4.69, 9.17) is 5.73 Å². The Bertz CT molecular complexity index is 958. The number of nitrogens with two attached hydrogens (primary N) is 1. The van der Waals surface area contributed by atoms with Crippen molar-refractivity contribution in [3.63, 3.8) is 0 Å². The van der Waals surface area contributed by atoms with Crippen molar-refractivity contribution in [2.75, 3.05) is 5.32 Å². The Labute approximate surface area is 152 Å². The molecule has 0 amide bonds. The van der Waals surface area contributed by atoms with Crippen LogP contribution in [-0.2, 0) is 0 Å². The normalized spacial score (nSPS) is 10.2. The Kier molecular flexibility index (Phi) is 4.94. The molecule has 3 N–H and O–H groups in total. The van der Waals surface area contributed by atoms with Gasteiger partial charge in [-0.2, -0.15) is 0 Å². The van der Waals surface area contributed by atoms with Gasteiger partial charge in [0.2, 0.25) is 0 Å². The van der Waals surface area contributed by atoms with Crippen molar-refractivity contribution in [2.45, 2.75) is 0 Å². The van der Waals surface area contributed by atoms with Gasteiger partial charge in [-0.3, -0.25) is 9.59 Å². The summed E-state index contributed by atoms with van der Waals surface area (Å²) < 4.78 is 0. The fourth-order valence-corrected chi connectivity index (χ4v) is 2.75. The predicted octanol–water partition coefficient (Wildman–Crippen LogP) is 4.49. The molecule has 0 aromatic heterocycles. The Morgan fingerprint density at radius 2 is 1.27 bits per heavy atom. The zero-order valence-corrected chi connectivity index (χ0v) is 14.1. The van der Waals surface area contributed by atoms with E-state index in [0.29, 0.717) is 16.9 Å². The highest BCUT2D eigenvalue weighted by atomic mass is 16.1. The van der Waals surface area contributed by atoms with Gasteiger partial charge in [-0.05, 0) is 22.8 Å². The topological polar surface area (TPSA) is 72.2 Å². The van der Waals surface area contributed by atoms with Gasteiger partial charge in [0.15, 0.2) is 0 Å². The summed E-state index contributed by atoms with van der Waals surface area (Å²) in [6.07, 6.45) is 1.64.